The largest absolute Gasteiger partial charge is 0.382 e. The third-order valence-electron chi connectivity index (χ3n) is 3.55. The van der Waals surface area contributed by atoms with Gasteiger partial charge in [-0.3, -0.25) is 0 Å². The third-order valence-corrected chi connectivity index (χ3v) is 5.88. The number of rotatable bonds is 3. The van der Waals surface area contributed by atoms with E-state index in [1.54, 1.807) is 0 Å². The summed E-state index contributed by atoms with van der Waals surface area (Å²) < 4.78 is 2.43. The van der Waals surface area contributed by atoms with E-state index in [-0.39, 0.29) is 0 Å². The van der Waals surface area contributed by atoms with Crippen LogP contribution < -0.4 is 5.32 Å². The van der Waals surface area contributed by atoms with Crippen LogP contribution in [0, 0.1) is 3.57 Å². The van der Waals surface area contributed by atoms with Crippen LogP contribution in [0.15, 0.2) is 22.7 Å². The van der Waals surface area contributed by atoms with Crippen molar-refractivity contribution >= 4 is 44.2 Å². The zero-order valence-corrected chi connectivity index (χ0v) is 14.7. The van der Waals surface area contributed by atoms with Crippen molar-refractivity contribution in [2.24, 2.45) is 0 Å². The third kappa shape index (κ3) is 3.84. The van der Waals surface area contributed by atoms with Crippen LogP contribution in [0.5, 0.6) is 0 Å². The molecule has 0 unspecified atom stereocenters. The SMILES string of the molecule is CC(C)N1CCC(Nc2ccc(Br)c(I)c2)CC1. The molecule has 1 aromatic carbocycles. The predicted molar refractivity (Wildman–Crippen MR) is 90.2 cm³/mol. The van der Waals surface area contributed by atoms with E-state index in [9.17, 15) is 0 Å². The standard InChI is InChI=1S/C14H20BrIN2/c1-10(2)18-7-5-11(6-8-18)17-12-3-4-13(15)14(16)9-12/h3-4,9-11,17H,5-8H2,1-2H3. The van der Waals surface area contributed by atoms with E-state index in [4.69, 9.17) is 0 Å². The first-order valence-electron chi connectivity index (χ1n) is 6.52. The van der Waals surface area contributed by atoms with Crippen LogP contribution in [-0.4, -0.2) is 30.1 Å². The van der Waals surface area contributed by atoms with Crippen molar-refractivity contribution in [1.29, 1.82) is 0 Å². The topological polar surface area (TPSA) is 15.3 Å². The molecule has 1 saturated heterocycles. The summed E-state index contributed by atoms with van der Waals surface area (Å²) in [5, 5.41) is 3.66. The maximum absolute atomic E-state index is 3.66. The number of hydrogen-bond donors (Lipinski definition) is 1. The van der Waals surface area contributed by atoms with Crippen molar-refractivity contribution in [1.82, 2.24) is 4.90 Å². The molecule has 1 heterocycles. The average Bonchev–Trinajstić information content (AvgIpc) is 2.34. The fraction of sp³-hybridized carbons (Fsp3) is 0.571. The number of nitrogens with zero attached hydrogens (tertiary/aromatic N) is 1. The Kier molecular flexibility index (Phi) is 5.33. The number of nitrogens with one attached hydrogen (secondary N) is 1. The molecule has 0 atom stereocenters. The number of likely N-dealkylation sites (tertiary alicyclic amines) is 1. The van der Waals surface area contributed by atoms with Crippen LogP contribution in [0.2, 0.25) is 0 Å². The van der Waals surface area contributed by atoms with Crippen molar-refractivity contribution in [2.45, 2.75) is 38.8 Å². The summed E-state index contributed by atoms with van der Waals surface area (Å²) >= 11 is 5.90. The first-order chi connectivity index (χ1) is 8.56. The van der Waals surface area contributed by atoms with Crippen LogP contribution >= 0.6 is 38.5 Å². The lowest BCUT2D eigenvalue weighted by atomic mass is 10.0. The highest BCUT2D eigenvalue weighted by Gasteiger charge is 2.20. The molecule has 100 valence electrons. The zero-order chi connectivity index (χ0) is 13.1. The van der Waals surface area contributed by atoms with Gasteiger partial charge in [0.2, 0.25) is 0 Å². The van der Waals surface area contributed by atoms with E-state index < -0.39 is 0 Å². The number of benzene rings is 1. The van der Waals surface area contributed by atoms with E-state index in [1.165, 1.54) is 39.7 Å². The number of anilines is 1. The minimum Gasteiger partial charge on any atom is -0.382 e. The lowest BCUT2D eigenvalue weighted by molar-refractivity contribution is 0.177. The summed E-state index contributed by atoms with van der Waals surface area (Å²) in [6.45, 7) is 6.99. The normalized spacial score (nSPS) is 18.3. The Balaban J connectivity index is 1.89. The van der Waals surface area contributed by atoms with E-state index in [0.29, 0.717) is 12.1 Å². The Morgan fingerprint density at radius 2 is 2.00 bits per heavy atom. The van der Waals surface area contributed by atoms with Gasteiger partial charge in [-0.05, 0) is 83.4 Å². The van der Waals surface area contributed by atoms with Gasteiger partial charge in [-0.15, -0.1) is 0 Å². The summed E-state index contributed by atoms with van der Waals surface area (Å²) in [7, 11) is 0. The zero-order valence-electron chi connectivity index (χ0n) is 10.9. The van der Waals surface area contributed by atoms with Crippen LogP contribution in [0.1, 0.15) is 26.7 Å². The molecule has 1 aromatic rings. The molecule has 18 heavy (non-hydrogen) atoms. The van der Waals surface area contributed by atoms with Gasteiger partial charge >= 0.3 is 0 Å². The van der Waals surface area contributed by atoms with Crippen molar-refractivity contribution in [2.75, 3.05) is 18.4 Å². The molecule has 1 N–H and O–H groups in total. The quantitative estimate of drug-likeness (QED) is 0.729. The Morgan fingerprint density at radius 3 is 2.56 bits per heavy atom. The molecule has 0 bridgehead atoms. The van der Waals surface area contributed by atoms with Gasteiger partial charge in [-0.1, -0.05) is 0 Å². The highest BCUT2D eigenvalue weighted by molar-refractivity contribution is 14.1. The van der Waals surface area contributed by atoms with Gasteiger partial charge in [0.05, 0.1) is 0 Å². The highest BCUT2D eigenvalue weighted by Crippen LogP contribution is 2.24. The molecule has 1 fully saturated rings. The minimum atomic E-state index is 0.622. The summed E-state index contributed by atoms with van der Waals surface area (Å²) in [5.74, 6) is 0. The minimum absolute atomic E-state index is 0.622. The van der Waals surface area contributed by atoms with Crippen LogP contribution in [-0.2, 0) is 0 Å². The lowest BCUT2D eigenvalue weighted by Gasteiger charge is -2.35. The molecule has 2 rings (SSSR count). The van der Waals surface area contributed by atoms with E-state index in [2.05, 4.69) is 80.8 Å². The maximum Gasteiger partial charge on any atom is 0.0353 e. The summed E-state index contributed by atoms with van der Waals surface area (Å²) in [5.41, 5.74) is 1.24. The first-order valence-corrected chi connectivity index (χ1v) is 8.39. The van der Waals surface area contributed by atoms with E-state index in [1.807, 2.05) is 0 Å². The van der Waals surface area contributed by atoms with Gasteiger partial charge < -0.3 is 10.2 Å². The predicted octanol–water partition coefficient (Wildman–Crippen LogP) is 4.34. The van der Waals surface area contributed by atoms with Crippen molar-refractivity contribution < 1.29 is 0 Å². The molecule has 0 spiro atoms. The number of halogens is 2. The fourth-order valence-electron chi connectivity index (χ4n) is 2.38. The average molecular weight is 423 g/mol. The smallest absolute Gasteiger partial charge is 0.0353 e. The molecular formula is C14H20BrIN2. The Bertz CT molecular complexity index is 401. The second-order valence-electron chi connectivity index (χ2n) is 5.18. The van der Waals surface area contributed by atoms with Gasteiger partial charge in [0, 0.05) is 38.9 Å². The molecule has 0 aromatic heterocycles. The Hall–Kier alpha value is 0.190. The molecule has 2 nitrogen and oxygen atoms in total. The Labute approximate surface area is 132 Å². The Morgan fingerprint density at radius 1 is 1.33 bits per heavy atom. The molecular weight excluding hydrogens is 403 g/mol. The van der Waals surface area contributed by atoms with Gasteiger partial charge in [0.25, 0.3) is 0 Å². The second kappa shape index (κ2) is 6.57. The first kappa shape index (κ1) is 14.6. The van der Waals surface area contributed by atoms with Crippen molar-refractivity contribution in [3.63, 3.8) is 0 Å². The van der Waals surface area contributed by atoms with Crippen LogP contribution in [0.25, 0.3) is 0 Å². The van der Waals surface area contributed by atoms with E-state index in [0.717, 1.165) is 0 Å². The summed E-state index contributed by atoms with van der Waals surface area (Å²) in [6, 6.07) is 7.78. The fourth-order valence-corrected chi connectivity index (χ4v) is 3.14. The van der Waals surface area contributed by atoms with Crippen molar-refractivity contribution in [3.8, 4) is 0 Å². The molecule has 0 aliphatic carbocycles. The molecule has 1 aliphatic rings. The molecule has 1 aliphatic heterocycles. The van der Waals surface area contributed by atoms with Gasteiger partial charge in [0.15, 0.2) is 0 Å². The molecule has 0 amide bonds. The molecule has 4 heteroatoms. The monoisotopic (exact) mass is 422 g/mol. The summed E-state index contributed by atoms with van der Waals surface area (Å²) in [6.07, 6.45) is 2.48. The number of hydrogen-bond acceptors (Lipinski definition) is 2. The second-order valence-corrected chi connectivity index (χ2v) is 7.19. The van der Waals surface area contributed by atoms with Gasteiger partial charge in [0.1, 0.15) is 0 Å². The van der Waals surface area contributed by atoms with Gasteiger partial charge in [-0.2, -0.15) is 0 Å². The van der Waals surface area contributed by atoms with Crippen LogP contribution in [0.4, 0.5) is 5.69 Å². The molecule has 0 saturated carbocycles. The summed E-state index contributed by atoms with van der Waals surface area (Å²) in [4.78, 5) is 2.56. The highest BCUT2D eigenvalue weighted by atomic mass is 127. The van der Waals surface area contributed by atoms with Gasteiger partial charge in [-0.25, -0.2) is 0 Å². The number of piperidine rings is 1. The van der Waals surface area contributed by atoms with Crippen molar-refractivity contribution in [3.05, 3.63) is 26.2 Å². The molecule has 0 radical (unpaired) electrons. The van der Waals surface area contributed by atoms with Crippen LogP contribution in [0.3, 0.4) is 0 Å². The maximum atomic E-state index is 3.66. The lowest BCUT2D eigenvalue weighted by Crippen LogP contribution is -2.42. The van der Waals surface area contributed by atoms with E-state index >= 15 is 0 Å².